The second kappa shape index (κ2) is 5.83. The lowest BCUT2D eigenvalue weighted by molar-refractivity contribution is -0.119. The normalized spacial score (nSPS) is 30.2. The van der Waals surface area contributed by atoms with E-state index in [4.69, 9.17) is 0 Å². The maximum absolute atomic E-state index is 11.1. The Morgan fingerprint density at radius 3 is 2.94 bits per heavy atom. The summed E-state index contributed by atoms with van der Waals surface area (Å²) in [6.07, 6.45) is 3.06. The number of nitrogens with zero attached hydrogens (tertiary/aromatic N) is 2. The van der Waals surface area contributed by atoms with Crippen LogP contribution in [0.1, 0.15) is 26.2 Å². The van der Waals surface area contributed by atoms with Gasteiger partial charge in [0.1, 0.15) is 0 Å². The molecule has 0 aromatic rings. The van der Waals surface area contributed by atoms with E-state index in [9.17, 15) is 4.79 Å². The number of hydrogen-bond acceptors (Lipinski definition) is 3. The molecule has 0 unspecified atom stereocenters. The maximum Gasteiger partial charge on any atom is 0.220 e. The third-order valence-corrected chi connectivity index (χ3v) is 4.04. The van der Waals surface area contributed by atoms with Gasteiger partial charge < -0.3 is 15.1 Å². The van der Waals surface area contributed by atoms with Gasteiger partial charge in [0.05, 0.1) is 0 Å². The number of nitrogens with one attached hydrogen (secondary N) is 1. The first kappa shape index (κ1) is 12.8. The molecule has 0 spiro atoms. The molecule has 4 heteroatoms. The number of likely N-dealkylation sites (tertiary alicyclic amines) is 1. The van der Waals surface area contributed by atoms with Crippen molar-refractivity contribution in [1.29, 1.82) is 0 Å². The summed E-state index contributed by atoms with van der Waals surface area (Å²) in [7, 11) is 2.19. The first-order valence-corrected chi connectivity index (χ1v) is 6.87. The van der Waals surface area contributed by atoms with Crippen LogP contribution < -0.4 is 5.32 Å². The van der Waals surface area contributed by atoms with Crippen molar-refractivity contribution in [3.8, 4) is 0 Å². The van der Waals surface area contributed by atoms with Gasteiger partial charge in [0.25, 0.3) is 0 Å². The Hall–Kier alpha value is -0.610. The zero-order valence-electron chi connectivity index (χ0n) is 11.1. The molecule has 1 amide bonds. The fourth-order valence-electron chi connectivity index (χ4n) is 2.92. The Labute approximate surface area is 104 Å². The third-order valence-electron chi connectivity index (χ3n) is 4.04. The molecular weight excluding hydrogens is 214 g/mol. The van der Waals surface area contributed by atoms with E-state index in [-0.39, 0.29) is 5.91 Å². The zero-order valence-corrected chi connectivity index (χ0v) is 11.1. The first-order chi connectivity index (χ1) is 8.17. The van der Waals surface area contributed by atoms with Crippen molar-refractivity contribution in [3.05, 3.63) is 0 Å². The topological polar surface area (TPSA) is 35.6 Å². The van der Waals surface area contributed by atoms with Crippen LogP contribution in [0.2, 0.25) is 0 Å². The molecule has 2 heterocycles. The van der Waals surface area contributed by atoms with Crippen LogP contribution in [0.15, 0.2) is 0 Å². The molecule has 0 bridgehead atoms. The fraction of sp³-hybridized carbons (Fsp3) is 0.923. The lowest BCUT2D eigenvalue weighted by Crippen LogP contribution is -2.38. The van der Waals surface area contributed by atoms with Crippen LogP contribution in [0.4, 0.5) is 0 Å². The minimum absolute atomic E-state index is 0.233. The van der Waals surface area contributed by atoms with Crippen molar-refractivity contribution < 1.29 is 4.79 Å². The largest absolute Gasteiger partial charge is 0.352 e. The highest BCUT2D eigenvalue weighted by Gasteiger charge is 2.28. The van der Waals surface area contributed by atoms with Crippen molar-refractivity contribution >= 4 is 5.91 Å². The van der Waals surface area contributed by atoms with E-state index in [0.717, 1.165) is 31.8 Å². The van der Waals surface area contributed by atoms with Gasteiger partial charge >= 0.3 is 0 Å². The Morgan fingerprint density at radius 1 is 1.47 bits per heavy atom. The van der Waals surface area contributed by atoms with Gasteiger partial charge in [-0.1, -0.05) is 6.92 Å². The zero-order chi connectivity index (χ0) is 12.3. The van der Waals surface area contributed by atoms with E-state index in [1.165, 1.54) is 26.1 Å². The van der Waals surface area contributed by atoms with E-state index in [0.29, 0.717) is 6.04 Å². The number of rotatable bonds is 5. The molecule has 0 aromatic carbocycles. The van der Waals surface area contributed by atoms with Gasteiger partial charge in [-0.3, -0.25) is 4.79 Å². The maximum atomic E-state index is 11.1. The second-order valence-electron chi connectivity index (χ2n) is 5.57. The van der Waals surface area contributed by atoms with E-state index >= 15 is 0 Å². The molecule has 1 N–H and O–H groups in total. The molecule has 0 saturated carbocycles. The molecule has 2 rings (SSSR count). The molecule has 2 aliphatic heterocycles. The molecule has 2 aliphatic rings. The van der Waals surface area contributed by atoms with Crippen molar-refractivity contribution in [2.45, 2.75) is 32.2 Å². The fourth-order valence-corrected chi connectivity index (χ4v) is 2.92. The lowest BCUT2D eigenvalue weighted by Gasteiger charge is -2.22. The average Bonchev–Trinajstić information content (AvgIpc) is 2.89. The minimum atomic E-state index is 0.233. The Balaban J connectivity index is 1.69. The molecular formula is C13H25N3O. The summed E-state index contributed by atoms with van der Waals surface area (Å²) in [6.45, 7) is 8.02. The van der Waals surface area contributed by atoms with Crippen LogP contribution in [0.5, 0.6) is 0 Å². The second-order valence-corrected chi connectivity index (χ2v) is 5.57. The summed E-state index contributed by atoms with van der Waals surface area (Å²) in [5.74, 6) is 1.05. The molecule has 2 saturated heterocycles. The summed E-state index contributed by atoms with van der Waals surface area (Å²) in [4.78, 5) is 16.1. The SMILES string of the molecule is CCN(C)C[C@H]1CCN(C[C@@H]2CCC(=O)N2)C1. The van der Waals surface area contributed by atoms with Gasteiger partial charge in [-0.15, -0.1) is 0 Å². The summed E-state index contributed by atoms with van der Waals surface area (Å²) >= 11 is 0. The van der Waals surface area contributed by atoms with Crippen LogP contribution >= 0.6 is 0 Å². The Kier molecular flexibility index (Phi) is 4.40. The van der Waals surface area contributed by atoms with E-state index in [2.05, 4.69) is 29.1 Å². The average molecular weight is 239 g/mol. The highest BCUT2D eigenvalue weighted by molar-refractivity contribution is 5.78. The number of carbonyl (C=O) groups is 1. The Morgan fingerprint density at radius 2 is 2.29 bits per heavy atom. The van der Waals surface area contributed by atoms with Crippen molar-refractivity contribution in [2.24, 2.45) is 5.92 Å². The summed E-state index contributed by atoms with van der Waals surface area (Å²) in [6, 6.07) is 0.408. The molecule has 2 fully saturated rings. The van der Waals surface area contributed by atoms with Crippen LogP contribution in [-0.4, -0.2) is 61.5 Å². The predicted octanol–water partition coefficient (Wildman–Crippen LogP) is 0.539. The standard InChI is InChI=1S/C13H25N3O/c1-3-15(2)8-11-6-7-16(9-11)10-12-4-5-13(17)14-12/h11-12H,3-10H2,1-2H3,(H,14,17)/t11-,12+/m1/s1. The van der Waals surface area contributed by atoms with Crippen LogP contribution in [0.3, 0.4) is 0 Å². The van der Waals surface area contributed by atoms with Gasteiger partial charge in [0, 0.05) is 32.1 Å². The number of hydrogen-bond donors (Lipinski definition) is 1. The van der Waals surface area contributed by atoms with Crippen molar-refractivity contribution in [2.75, 3.05) is 39.8 Å². The van der Waals surface area contributed by atoms with E-state index in [1.807, 2.05) is 0 Å². The van der Waals surface area contributed by atoms with Crippen LogP contribution in [0.25, 0.3) is 0 Å². The third kappa shape index (κ3) is 3.68. The summed E-state index contributed by atoms with van der Waals surface area (Å²) in [5.41, 5.74) is 0. The number of carbonyl (C=O) groups excluding carboxylic acids is 1. The molecule has 2 atom stereocenters. The minimum Gasteiger partial charge on any atom is -0.352 e. The Bertz CT molecular complexity index is 269. The molecule has 0 aliphatic carbocycles. The summed E-state index contributed by atoms with van der Waals surface area (Å²) < 4.78 is 0. The van der Waals surface area contributed by atoms with Gasteiger partial charge in [-0.25, -0.2) is 0 Å². The smallest absolute Gasteiger partial charge is 0.220 e. The quantitative estimate of drug-likeness (QED) is 0.760. The highest BCUT2D eigenvalue weighted by atomic mass is 16.1. The molecule has 0 aromatic heterocycles. The van der Waals surface area contributed by atoms with Gasteiger partial charge in [0.2, 0.25) is 5.91 Å². The van der Waals surface area contributed by atoms with Crippen molar-refractivity contribution in [1.82, 2.24) is 15.1 Å². The molecule has 17 heavy (non-hydrogen) atoms. The molecule has 0 radical (unpaired) electrons. The first-order valence-electron chi connectivity index (χ1n) is 6.87. The number of amides is 1. The predicted molar refractivity (Wildman–Crippen MR) is 68.9 cm³/mol. The van der Waals surface area contributed by atoms with Gasteiger partial charge in [0.15, 0.2) is 0 Å². The van der Waals surface area contributed by atoms with Crippen LogP contribution in [-0.2, 0) is 4.79 Å². The van der Waals surface area contributed by atoms with E-state index < -0.39 is 0 Å². The highest BCUT2D eigenvalue weighted by Crippen LogP contribution is 2.19. The molecule has 98 valence electrons. The van der Waals surface area contributed by atoms with Gasteiger partial charge in [-0.2, -0.15) is 0 Å². The lowest BCUT2D eigenvalue weighted by atomic mass is 10.1. The van der Waals surface area contributed by atoms with Crippen LogP contribution in [0, 0.1) is 5.92 Å². The molecule has 4 nitrogen and oxygen atoms in total. The monoisotopic (exact) mass is 239 g/mol. The van der Waals surface area contributed by atoms with Gasteiger partial charge in [-0.05, 0) is 38.9 Å². The summed E-state index contributed by atoms with van der Waals surface area (Å²) in [5, 5.41) is 3.06. The van der Waals surface area contributed by atoms with Crippen molar-refractivity contribution in [3.63, 3.8) is 0 Å². The van der Waals surface area contributed by atoms with E-state index in [1.54, 1.807) is 0 Å².